The number of fused-ring (bicyclic) bond motifs is 2. The summed E-state index contributed by atoms with van der Waals surface area (Å²) in [6.07, 6.45) is 1.71. The third kappa shape index (κ3) is 3.39. The van der Waals surface area contributed by atoms with Gasteiger partial charge in [0, 0.05) is 25.2 Å². The molecule has 3 aromatic rings. The number of aromatic nitrogens is 3. The molecule has 0 saturated carbocycles. The monoisotopic (exact) mass is 435 g/mol. The van der Waals surface area contributed by atoms with Gasteiger partial charge in [-0.2, -0.15) is 0 Å². The molecule has 0 atom stereocenters. The predicted molar refractivity (Wildman–Crippen MR) is 120 cm³/mol. The highest BCUT2D eigenvalue weighted by Gasteiger charge is 2.44. The predicted octanol–water partition coefficient (Wildman–Crippen LogP) is 3.24. The lowest BCUT2D eigenvalue weighted by molar-refractivity contribution is 0.0409. The van der Waals surface area contributed by atoms with Crippen molar-refractivity contribution in [1.29, 1.82) is 0 Å². The molecule has 1 saturated heterocycles. The van der Waals surface area contributed by atoms with Crippen LogP contribution in [0.15, 0.2) is 34.7 Å². The Balaban J connectivity index is 1.44. The fourth-order valence-corrected chi connectivity index (χ4v) is 5.24. The molecular formula is C24H29N5O3. The zero-order chi connectivity index (χ0) is 22.5. The lowest BCUT2D eigenvalue weighted by Crippen LogP contribution is -2.56. The summed E-state index contributed by atoms with van der Waals surface area (Å²) in [5.74, 6) is 4.19. The largest absolute Gasteiger partial charge is 0.497 e. The molecule has 2 aromatic heterocycles. The number of methoxy groups -OCH3 is 1. The van der Waals surface area contributed by atoms with E-state index in [1.165, 1.54) is 0 Å². The van der Waals surface area contributed by atoms with Gasteiger partial charge in [-0.3, -0.25) is 9.69 Å². The van der Waals surface area contributed by atoms with Crippen LogP contribution in [-0.2, 0) is 12.1 Å². The van der Waals surface area contributed by atoms with Crippen molar-refractivity contribution in [1.82, 2.24) is 24.6 Å². The van der Waals surface area contributed by atoms with Crippen LogP contribution < -0.4 is 4.74 Å². The van der Waals surface area contributed by atoms with Gasteiger partial charge < -0.3 is 18.6 Å². The maximum absolute atomic E-state index is 13.1. The summed E-state index contributed by atoms with van der Waals surface area (Å²) in [6.45, 7) is 6.79. The van der Waals surface area contributed by atoms with E-state index in [1.54, 1.807) is 7.11 Å². The normalized spacial score (nSPS) is 18.1. The smallest absolute Gasteiger partial charge is 0.257 e. The Bertz CT molecular complexity index is 1140. The molecule has 0 aliphatic carbocycles. The minimum absolute atomic E-state index is 0.0534. The quantitative estimate of drug-likeness (QED) is 0.629. The van der Waals surface area contributed by atoms with Crippen LogP contribution in [0.1, 0.15) is 40.5 Å². The SMILES string of the molecule is COc1ccc(-c2nnc3n2C2(CCN(C(=O)c4cc(C)oc4C)CC2)CN(C)C3)cc1. The molecule has 1 amide bonds. The summed E-state index contributed by atoms with van der Waals surface area (Å²) in [5, 5.41) is 9.12. The number of carbonyl (C=O) groups is 1. The van der Waals surface area contributed by atoms with Crippen molar-refractivity contribution in [3.63, 3.8) is 0 Å². The highest BCUT2D eigenvalue weighted by Crippen LogP contribution is 2.39. The third-order valence-corrected chi connectivity index (χ3v) is 6.78. The molecular weight excluding hydrogens is 406 g/mol. The number of likely N-dealkylation sites (tertiary alicyclic amines) is 1. The van der Waals surface area contributed by atoms with E-state index in [4.69, 9.17) is 9.15 Å². The number of rotatable bonds is 3. The molecule has 0 unspecified atom stereocenters. The minimum atomic E-state index is -0.140. The van der Waals surface area contributed by atoms with Crippen molar-refractivity contribution in [3.05, 3.63) is 53.2 Å². The number of carbonyl (C=O) groups excluding carboxylic acids is 1. The summed E-state index contributed by atoms with van der Waals surface area (Å²) in [4.78, 5) is 17.4. The van der Waals surface area contributed by atoms with Crippen LogP contribution in [0.2, 0.25) is 0 Å². The molecule has 0 radical (unpaired) electrons. The van der Waals surface area contributed by atoms with Gasteiger partial charge in [0.15, 0.2) is 5.82 Å². The van der Waals surface area contributed by atoms with Gasteiger partial charge in [0.2, 0.25) is 0 Å². The van der Waals surface area contributed by atoms with E-state index in [0.29, 0.717) is 24.4 Å². The molecule has 32 heavy (non-hydrogen) atoms. The van der Waals surface area contributed by atoms with Gasteiger partial charge >= 0.3 is 0 Å². The second kappa shape index (κ2) is 7.78. The van der Waals surface area contributed by atoms with Gasteiger partial charge in [-0.05, 0) is 64.1 Å². The first-order valence-corrected chi connectivity index (χ1v) is 11.0. The molecule has 8 nitrogen and oxygen atoms in total. The van der Waals surface area contributed by atoms with Crippen LogP contribution in [-0.4, -0.2) is 64.3 Å². The fourth-order valence-electron chi connectivity index (χ4n) is 5.24. The lowest BCUT2D eigenvalue weighted by atomic mass is 9.84. The van der Waals surface area contributed by atoms with Crippen molar-refractivity contribution in [2.45, 2.75) is 38.8 Å². The zero-order valence-corrected chi connectivity index (χ0v) is 19.1. The summed E-state index contributed by atoms with van der Waals surface area (Å²) < 4.78 is 13.2. The van der Waals surface area contributed by atoms with Crippen LogP contribution >= 0.6 is 0 Å². The molecule has 2 aliphatic rings. The number of piperidine rings is 1. The first-order valence-electron chi connectivity index (χ1n) is 11.0. The Morgan fingerprint density at radius 1 is 1.12 bits per heavy atom. The maximum atomic E-state index is 13.1. The topological polar surface area (TPSA) is 76.6 Å². The van der Waals surface area contributed by atoms with E-state index in [1.807, 2.05) is 49.1 Å². The van der Waals surface area contributed by atoms with Crippen molar-refractivity contribution in [3.8, 4) is 17.1 Å². The molecule has 0 N–H and O–H groups in total. The van der Waals surface area contributed by atoms with E-state index >= 15 is 0 Å². The number of furan rings is 1. The number of likely N-dealkylation sites (N-methyl/N-ethyl adjacent to an activating group) is 1. The Morgan fingerprint density at radius 2 is 1.84 bits per heavy atom. The van der Waals surface area contributed by atoms with Crippen molar-refractivity contribution < 1.29 is 13.9 Å². The number of ether oxygens (including phenoxy) is 1. The van der Waals surface area contributed by atoms with Crippen LogP contribution in [0.25, 0.3) is 11.4 Å². The van der Waals surface area contributed by atoms with Crippen molar-refractivity contribution in [2.24, 2.45) is 0 Å². The number of hydrogen-bond donors (Lipinski definition) is 0. The average molecular weight is 436 g/mol. The molecule has 168 valence electrons. The molecule has 4 heterocycles. The van der Waals surface area contributed by atoms with Crippen LogP contribution in [0, 0.1) is 13.8 Å². The van der Waals surface area contributed by atoms with Crippen LogP contribution in [0.5, 0.6) is 5.75 Å². The summed E-state index contributed by atoms with van der Waals surface area (Å²) >= 11 is 0. The van der Waals surface area contributed by atoms with E-state index < -0.39 is 0 Å². The van der Waals surface area contributed by atoms with Gasteiger partial charge in [-0.25, -0.2) is 0 Å². The van der Waals surface area contributed by atoms with Gasteiger partial charge in [0.1, 0.15) is 23.1 Å². The molecule has 1 fully saturated rings. The van der Waals surface area contributed by atoms with Gasteiger partial charge in [-0.15, -0.1) is 10.2 Å². The van der Waals surface area contributed by atoms with Crippen LogP contribution in [0.3, 0.4) is 0 Å². The number of benzene rings is 1. The summed E-state index contributed by atoms with van der Waals surface area (Å²) in [7, 11) is 3.79. The minimum Gasteiger partial charge on any atom is -0.497 e. The highest BCUT2D eigenvalue weighted by molar-refractivity contribution is 5.95. The first-order chi connectivity index (χ1) is 15.4. The van der Waals surface area contributed by atoms with E-state index in [9.17, 15) is 4.79 Å². The fraction of sp³-hybridized carbons (Fsp3) is 0.458. The van der Waals surface area contributed by atoms with E-state index in [0.717, 1.165) is 54.7 Å². The molecule has 1 spiro atoms. The van der Waals surface area contributed by atoms with Crippen molar-refractivity contribution in [2.75, 3.05) is 33.8 Å². The highest BCUT2D eigenvalue weighted by atomic mass is 16.5. The third-order valence-electron chi connectivity index (χ3n) is 6.78. The zero-order valence-electron chi connectivity index (χ0n) is 19.1. The van der Waals surface area contributed by atoms with Gasteiger partial charge in [0.05, 0.1) is 24.8 Å². The molecule has 8 heteroatoms. The molecule has 0 bridgehead atoms. The average Bonchev–Trinajstić information content (AvgIpc) is 3.36. The Kier molecular flexibility index (Phi) is 5.04. The Hall–Kier alpha value is -3.13. The first kappa shape index (κ1) is 20.8. The Morgan fingerprint density at radius 3 is 2.47 bits per heavy atom. The molecule has 5 rings (SSSR count). The van der Waals surface area contributed by atoms with Crippen LogP contribution in [0.4, 0.5) is 0 Å². The van der Waals surface area contributed by atoms with E-state index in [-0.39, 0.29) is 11.4 Å². The number of hydrogen-bond acceptors (Lipinski definition) is 6. The second-order valence-corrected chi connectivity index (χ2v) is 9.02. The number of aryl methyl sites for hydroxylation is 2. The molecule has 1 aromatic carbocycles. The second-order valence-electron chi connectivity index (χ2n) is 9.02. The summed E-state index contributed by atoms with van der Waals surface area (Å²) in [5.41, 5.74) is 1.55. The standard InChI is InChI=1S/C24H29N5O3/c1-16-13-20(17(2)32-16)23(30)28-11-9-24(10-12-28)15-27(3)14-21-25-26-22(29(21)24)18-5-7-19(31-4)8-6-18/h5-8,13H,9-12,14-15H2,1-4H3. The number of amides is 1. The van der Waals surface area contributed by atoms with Gasteiger partial charge in [-0.1, -0.05) is 0 Å². The van der Waals surface area contributed by atoms with E-state index in [2.05, 4.69) is 26.7 Å². The maximum Gasteiger partial charge on any atom is 0.257 e. The summed E-state index contributed by atoms with van der Waals surface area (Å²) in [6, 6.07) is 9.82. The van der Waals surface area contributed by atoms with Gasteiger partial charge in [0.25, 0.3) is 5.91 Å². The molecule has 2 aliphatic heterocycles. The van der Waals surface area contributed by atoms with Crippen molar-refractivity contribution >= 4 is 5.91 Å². The Labute approximate surface area is 187 Å². The lowest BCUT2D eigenvalue weighted by Gasteiger charge is -2.48. The number of nitrogens with zero attached hydrogens (tertiary/aromatic N) is 5.